The van der Waals surface area contributed by atoms with E-state index >= 15 is 0 Å². The molecule has 5 nitrogen and oxygen atoms in total. The Morgan fingerprint density at radius 2 is 1.86 bits per heavy atom. The molecule has 2 heterocycles. The number of amides is 1. The maximum absolute atomic E-state index is 11.5. The zero-order valence-electron chi connectivity index (χ0n) is 13.0. The van der Waals surface area contributed by atoms with E-state index in [1.807, 2.05) is 6.07 Å². The molecular weight excluding hydrogens is 264 g/mol. The zero-order chi connectivity index (χ0) is 15.1. The summed E-state index contributed by atoms with van der Waals surface area (Å²) in [5.41, 5.74) is 10.2. The average Bonchev–Trinajstić information content (AvgIpc) is 2.43. The van der Waals surface area contributed by atoms with Crippen molar-refractivity contribution in [1.82, 2.24) is 4.90 Å². The summed E-state index contributed by atoms with van der Waals surface area (Å²) in [6.45, 7) is 6.46. The van der Waals surface area contributed by atoms with Crippen LogP contribution in [0.3, 0.4) is 0 Å². The fourth-order valence-corrected chi connectivity index (χ4v) is 3.31. The lowest BCUT2D eigenvalue weighted by Crippen LogP contribution is -2.55. The summed E-state index contributed by atoms with van der Waals surface area (Å²) >= 11 is 0. The van der Waals surface area contributed by atoms with Crippen molar-refractivity contribution in [2.75, 3.05) is 36.1 Å². The quantitative estimate of drug-likeness (QED) is 0.772. The van der Waals surface area contributed by atoms with Gasteiger partial charge in [-0.3, -0.25) is 9.69 Å². The molecule has 2 atom stereocenters. The minimum absolute atomic E-state index is 0.0801. The summed E-state index contributed by atoms with van der Waals surface area (Å²) in [5.74, 6) is 0.0801. The Bertz CT molecular complexity index is 560. The number of nitrogens with zero attached hydrogens (tertiary/aromatic N) is 2. The first-order chi connectivity index (χ1) is 9.95. The second-order valence-electron chi connectivity index (χ2n) is 6.38. The maximum Gasteiger partial charge on any atom is 0.224 e. The number of nitrogens with two attached hydrogens (primary N) is 1. The largest absolute Gasteiger partial charge is 0.397 e. The van der Waals surface area contributed by atoms with E-state index in [2.05, 4.69) is 42.1 Å². The molecule has 114 valence electrons. The standard InChI is InChI=1S/C16H24N4O/c1-10-8-20(9-11(2)19(10)3)15-6-12-4-5-16(21)18-14(12)7-13(15)17/h6-7,10-11H,4-5,8-9,17H2,1-3H3,(H,18,21). The van der Waals surface area contributed by atoms with Gasteiger partial charge in [-0.2, -0.15) is 0 Å². The van der Waals surface area contributed by atoms with Crippen LogP contribution >= 0.6 is 0 Å². The smallest absolute Gasteiger partial charge is 0.224 e. The fourth-order valence-electron chi connectivity index (χ4n) is 3.31. The van der Waals surface area contributed by atoms with Crippen molar-refractivity contribution in [3.63, 3.8) is 0 Å². The van der Waals surface area contributed by atoms with Crippen molar-refractivity contribution in [2.45, 2.75) is 38.8 Å². The Morgan fingerprint density at radius 3 is 2.52 bits per heavy atom. The number of rotatable bonds is 1. The van der Waals surface area contributed by atoms with E-state index in [0.717, 1.165) is 36.6 Å². The average molecular weight is 288 g/mol. The molecule has 3 rings (SSSR count). The lowest BCUT2D eigenvalue weighted by Gasteiger charge is -2.44. The number of fused-ring (bicyclic) bond motifs is 1. The molecule has 1 aromatic rings. The van der Waals surface area contributed by atoms with E-state index in [0.29, 0.717) is 18.5 Å². The van der Waals surface area contributed by atoms with Crippen LogP contribution in [0.4, 0.5) is 17.1 Å². The first kappa shape index (κ1) is 14.2. The molecule has 0 saturated carbocycles. The molecule has 5 heteroatoms. The van der Waals surface area contributed by atoms with Gasteiger partial charge in [0.25, 0.3) is 0 Å². The van der Waals surface area contributed by atoms with Gasteiger partial charge in [-0.25, -0.2) is 0 Å². The number of piperazine rings is 1. The summed E-state index contributed by atoms with van der Waals surface area (Å²) in [6.07, 6.45) is 1.36. The van der Waals surface area contributed by atoms with Crippen molar-refractivity contribution >= 4 is 23.0 Å². The Balaban J connectivity index is 1.91. The van der Waals surface area contributed by atoms with Crippen LogP contribution in [0.2, 0.25) is 0 Å². The van der Waals surface area contributed by atoms with Gasteiger partial charge in [0.05, 0.1) is 11.4 Å². The van der Waals surface area contributed by atoms with Gasteiger partial charge in [-0.1, -0.05) is 0 Å². The number of nitrogen functional groups attached to an aromatic ring is 1. The minimum Gasteiger partial charge on any atom is -0.397 e. The monoisotopic (exact) mass is 288 g/mol. The van der Waals surface area contributed by atoms with E-state index in [1.165, 1.54) is 5.56 Å². The van der Waals surface area contributed by atoms with Crippen LogP contribution in [0.15, 0.2) is 12.1 Å². The van der Waals surface area contributed by atoms with Crippen LogP contribution in [0.1, 0.15) is 25.8 Å². The first-order valence-corrected chi connectivity index (χ1v) is 7.65. The Morgan fingerprint density at radius 1 is 1.19 bits per heavy atom. The van der Waals surface area contributed by atoms with Crippen LogP contribution < -0.4 is 16.0 Å². The molecule has 21 heavy (non-hydrogen) atoms. The first-order valence-electron chi connectivity index (χ1n) is 7.65. The lowest BCUT2D eigenvalue weighted by atomic mass is 10.00. The van der Waals surface area contributed by atoms with Gasteiger partial charge in [0.15, 0.2) is 0 Å². The molecular formula is C16H24N4O. The second-order valence-corrected chi connectivity index (χ2v) is 6.38. The number of carbonyl (C=O) groups is 1. The number of benzene rings is 1. The van der Waals surface area contributed by atoms with Crippen molar-refractivity contribution in [3.8, 4) is 0 Å². The summed E-state index contributed by atoms with van der Waals surface area (Å²) in [7, 11) is 2.18. The molecule has 2 aliphatic rings. The molecule has 2 unspecified atom stereocenters. The third kappa shape index (κ3) is 2.58. The Kier molecular flexibility index (Phi) is 3.53. The van der Waals surface area contributed by atoms with Crippen LogP contribution in [0, 0.1) is 0 Å². The third-order valence-corrected chi connectivity index (χ3v) is 4.85. The molecule has 1 aromatic carbocycles. The number of hydrogen-bond acceptors (Lipinski definition) is 4. The molecule has 3 N–H and O–H groups in total. The second kappa shape index (κ2) is 5.22. The number of likely N-dealkylation sites (N-methyl/N-ethyl adjacent to an activating group) is 1. The van der Waals surface area contributed by atoms with Gasteiger partial charge in [-0.15, -0.1) is 0 Å². The van der Waals surface area contributed by atoms with Gasteiger partial charge in [-0.05, 0) is 45.0 Å². The summed E-state index contributed by atoms with van der Waals surface area (Å²) in [4.78, 5) is 16.3. The van der Waals surface area contributed by atoms with E-state index < -0.39 is 0 Å². The van der Waals surface area contributed by atoms with E-state index in [9.17, 15) is 4.79 Å². The molecule has 0 bridgehead atoms. The predicted octanol–water partition coefficient (Wildman–Crippen LogP) is 1.68. The highest BCUT2D eigenvalue weighted by atomic mass is 16.1. The van der Waals surface area contributed by atoms with Crippen LogP contribution in [0.5, 0.6) is 0 Å². The van der Waals surface area contributed by atoms with Gasteiger partial charge in [0.2, 0.25) is 5.91 Å². The lowest BCUT2D eigenvalue weighted by molar-refractivity contribution is -0.116. The molecule has 0 radical (unpaired) electrons. The van der Waals surface area contributed by atoms with E-state index in [-0.39, 0.29) is 5.91 Å². The summed E-state index contributed by atoms with van der Waals surface area (Å²) < 4.78 is 0. The molecule has 0 spiro atoms. The Hall–Kier alpha value is -1.75. The molecule has 0 aliphatic carbocycles. The highest BCUT2D eigenvalue weighted by molar-refractivity contribution is 5.95. The number of carbonyl (C=O) groups excluding carboxylic acids is 1. The van der Waals surface area contributed by atoms with Crippen LogP contribution in [0.25, 0.3) is 0 Å². The maximum atomic E-state index is 11.5. The molecule has 1 saturated heterocycles. The molecule has 0 aromatic heterocycles. The Labute approximate surface area is 126 Å². The van der Waals surface area contributed by atoms with Crippen LogP contribution in [-0.4, -0.2) is 43.0 Å². The zero-order valence-corrected chi connectivity index (χ0v) is 13.0. The highest BCUT2D eigenvalue weighted by Crippen LogP contribution is 2.34. The van der Waals surface area contributed by atoms with Crippen molar-refractivity contribution in [2.24, 2.45) is 0 Å². The highest BCUT2D eigenvalue weighted by Gasteiger charge is 2.28. The minimum atomic E-state index is 0.0801. The summed E-state index contributed by atoms with van der Waals surface area (Å²) in [5, 5.41) is 2.91. The number of nitrogens with one attached hydrogen (secondary N) is 1. The topological polar surface area (TPSA) is 61.6 Å². The van der Waals surface area contributed by atoms with Gasteiger partial charge in [0.1, 0.15) is 0 Å². The van der Waals surface area contributed by atoms with Crippen molar-refractivity contribution in [3.05, 3.63) is 17.7 Å². The van der Waals surface area contributed by atoms with Crippen molar-refractivity contribution < 1.29 is 4.79 Å². The number of aryl methyl sites for hydroxylation is 1. The normalized spacial score (nSPS) is 26.4. The third-order valence-electron chi connectivity index (χ3n) is 4.85. The summed E-state index contributed by atoms with van der Waals surface area (Å²) in [6, 6.07) is 5.08. The molecule has 1 fully saturated rings. The van der Waals surface area contributed by atoms with E-state index in [1.54, 1.807) is 0 Å². The van der Waals surface area contributed by atoms with Gasteiger partial charge < -0.3 is 16.0 Å². The van der Waals surface area contributed by atoms with Gasteiger partial charge >= 0.3 is 0 Å². The number of hydrogen-bond donors (Lipinski definition) is 2. The molecule has 1 amide bonds. The predicted molar refractivity (Wildman–Crippen MR) is 86.7 cm³/mol. The molecule has 2 aliphatic heterocycles. The van der Waals surface area contributed by atoms with E-state index in [4.69, 9.17) is 5.73 Å². The van der Waals surface area contributed by atoms with Gasteiger partial charge in [0, 0.05) is 37.3 Å². The van der Waals surface area contributed by atoms with Crippen molar-refractivity contribution in [1.29, 1.82) is 0 Å². The SMILES string of the molecule is CC1CN(c2cc3c(cc2N)NC(=O)CC3)CC(C)N1C. The van der Waals surface area contributed by atoms with Crippen LogP contribution in [-0.2, 0) is 11.2 Å². The number of anilines is 3. The fraction of sp³-hybridized carbons (Fsp3) is 0.562.